The Bertz CT molecular complexity index is 559. The van der Waals surface area contributed by atoms with E-state index in [2.05, 4.69) is 5.32 Å². The van der Waals surface area contributed by atoms with Gasteiger partial charge in [-0.15, -0.1) is 0 Å². The molecule has 1 atom stereocenters. The van der Waals surface area contributed by atoms with Crippen LogP contribution >= 0.6 is 0 Å². The minimum Gasteiger partial charge on any atom is -0.307 e. The van der Waals surface area contributed by atoms with Crippen LogP contribution in [-0.4, -0.2) is 6.54 Å². The number of nitrogens with one attached hydrogen (secondary N) is 1. The molecule has 0 amide bonds. The maximum Gasteiger partial charge on any atom is 0.159 e. The molecular formula is C16H16F3N. The van der Waals surface area contributed by atoms with Gasteiger partial charge in [0.1, 0.15) is 5.82 Å². The van der Waals surface area contributed by atoms with E-state index in [0.29, 0.717) is 23.2 Å². The Morgan fingerprint density at radius 1 is 0.900 bits per heavy atom. The van der Waals surface area contributed by atoms with Crippen molar-refractivity contribution in [2.45, 2.75) is 19.9 Å². The molecule has 0 saturated carbocycles. The van der Waals surface area contributed by atoms with Crippen LogP contribution in [0.5, 0.6) is 0 Å². The van der Waals surface area contributed by atoms with E-state index in [4.69, 9.17) is 0 Å². The molecule has 2 rings (SSSR count). The second-order valence-electron chi connectivity index (χ2n) is 4.67. The quantitative estimate of drug-likeness (QED) is 0.888. The van der Waals surface area contributed by atoms with Gasteiger partial charge < -0.3 is 5.32 Å². The molecule has 1 N–H and O–H groups in total. The molecule has 0 saturated heterocycles. The summed E-state index contributed by atoms with van der Waals surface area (Å²) >= 11 is 0. The average Bonchev–Trinajstić information content (AvgIpc) is 2.43. The molecule has 0 fully saturated rings. The first-order valence-corrected chi connectivity index (χ1v) is 6.47. The first kappa shape index (κ1) is 14.6. The van der Waals surface area contributed by atoms with Gasteiger partial charge in [0, 0.05) is 0 Å². The molecule has 20 heavy (non-hydrogen) atoms. The largest absolute Gasteiger partial charge is 0.307 e. The summed E-state index contributed by atoms with van der Waals surface area (Å²) in [6, 6.07) is 8.24. The maximum atomic E-state index is 13.7. The molecule has 2 aromatic rings. The number of hydrogen-bond donors (Lipinski definition) is 1. The Kier molecular flexibility index (Phi) is 4.45. The van der Waals surface area contributed by atoms with E-state index in [9.17, 15) is 13.2 Å². The minimum atomic E-state index is -0.905. The van der Waals surface area contributed by atoms with Crippen molar-refractivity contribution >= 4 is 0 Å². The number of benzene rings is 2. The van der Waals surface area contributed by atoms with Crippen LogP contribution in [0.25, 0.3) is 0 Å². The van der Waals surface area contributed by atoms with Gasteiger partial charge in [0.15, 0.2) is 11.6 Å². The molecule has 106 valence electrons. The zero-order valence-corrected chi connectivity index (χ0v) is 11.4. The molecular weight excluding hydrogens is 263 g/mol. The molecule has 0 aliphatic rings. The zero-order valence-electron chi connectivity index (χ0n) is 11.4. The fourth-order valence-electron chi connectivity index (χ4n) is 2.11. The highest BCUT2D eigenvalue weighted by Gasteiger charge is 2.16. The van der Waals surface area contributed by atoms with Gasteiger partial charge in [-0.2, -0.15) is 0 Å². The fourth-order valence-corrected chi connectivity index (χ4v) is 2.11. The molecule has 0 bridgehead atoms. The summed E-state index contributed by atoms with van der Waals surface area (Å²) in [7, 11) is 0. The number of hydrogen-bond acceptors (Lipinski definition) is 1. The summed E-state index contributed by atoms with van der Waals surface area (Å²) in [5.41, 5.74) is 1.80. The van der Waals surface area contributed by atoms with Gasteiger partial charge in [-0.3, -0.25) is 0 Å². The molecule has 0 radical (unpaired) electrons. The molecule has 0 aliphatic carbocycles. The van der Waals surface area contributed by atoms with Gasteiger partial charge in [0.05, 0.1) is 6.04 Å². The smallest absolute Gasteiger partial charge is 0.159 e. The number of halogens is 3. The number of rotatable bonds is 4. The summed E-state index contributed by atoms with van der Waals surface area (Å²) in [4.78, 5) is 0. The normalized spacial score (nSPS) is 12.4. The topological polar surface area (TPSA) is 12.0 Å². The molecule has 0 aliphatic heterocycles. The van der Waals surface area contributed by atoms with Crippen molar-refractivity contribution in [2.24, 2.45) is 0 Å². The van der Waals surface area contributed by atoms with Gasteiger partial charge in [-0.05, 0) is 48.4 Å². The van der Waals surface area contributed by atoms with E-state index >= 15 is 0 Å². The van der Waals surface area contributed by atoms with Crippen LogP contribution in [0.15, 0.2) is 36.4 Å². The summed E-state index contributed by atoms with van der Waals surface area (Å²) in [5, 5.41) is 3.15. The highest BCUT2D eigenvalue weighted by molar-refractivity contribution is 5.34. The highest BCUT2D eigenvalue weighted by atomic mass is 19.2. The van der Waals surface area contributed by atoms with Crippen molar-refractivity contribution in [3.05, 3.63) is 70.5 Å². The van der Waals surface area contributed by atoms with Crippen molar-refractivity contribution in [1.29, 1.82) is 0 Å². The Balaban J connectivity index is 2.44. The van der Waals surface area contributed by atoms with Gasteiger partial charge in [0.25, 0.3) is 0 Å². The van der Waals surface area contributed by atoms with Crippen LogP contribution < -0.4 is 5.32 Å². The van der Waals surface area contributed by atoms with E-state index in [1.165, 1.54) is 12.1 Å². The first-order valence-electron chi connectivity index (χ1n) is 6.47. The third-order valence-corrected chi connectivity index (χ3v) is 3.21. The molecule has 4 heteroatoms. The van der Waals surface area contributed by atoms with Gasteiger partial charge in [0.2, 0.25) is 0 Å². The van der Waals surface area contributed by atoms with Crippen molar-refractivity contribution in [3.63, 3.8) is 0 Å². The second-order valence-corrected chi connectivity index (χ2v) is 4.67. The lowest BCUT2D eigenvalue weighted by molar-refractivity contribution is 0.503. The van der Waals surface area contributed by atoms with Crippen LogP contribution in [0.3, 0.4) is 0 Å². The summed E-state index contributed by atoms with van der Waals surface area (Å²) in [6.07, 6.45) is 0. The average molecular weight is 279 g/mol. The highest BCUT2D eigenvalue weighted by Crippen LogP contribution is 2.25. The minimum absolute atomic E-state index is 0.312. The van der Waals surface area contributed by atoms with E-state index in [0.717, 1.165) is 12.1 Å². The van der Waals surface area contributed by atoms with Crippen molar-refractivity contribution in [2.75, 3.05) is 6.54 Å². The van der Waals surface area contributed by atoms with Crippen molar-refractivity contribution in [1.82, 2.24) is 5.32 Å². The van der Waals surface area contributed by atoms with Crippen LogP contribution in [0, 0.1) is 24.4 Å². The zero-order chi connectivity index (χ0) is 14.7. The van der Waals surface area contributed by atoms with Crippen molar-refractivity contribution < 1.29 is 13.2 Å². The SMILES string of the molecule is CCNC(c1ccc(C)c(F)c1)c1ccc(F)c(F)c1. The molecule has 0 aromatic heterocycles. The Morgan fingerprint density at radius 3 is 2.05 bits per heavy atom. The summed E-state index contributed by atoms with van der Waals surface area (Å²) in [6.45, 7) is 4.20. The summed E-state index contributed by atoms with van der Waals surface area (Å²) in [5.74, 6) is -2.11. The van der Waals surface area contributed by atoms with E-state index in [1.807, 2.05) is 6.92 Å². The Labute approximate surface area is 116 Å². The lowest BCUT2D eigenvalue weighted by atomic mass is 9.97. The standard InChI is InChI=1S/C16H16F3N/c1-3-20-16(11-5-4-10(2)14(18)8-11)12-6-7-13(17)15(19)9-12/h4-9,16,20H,3H2,1-2H3. The molecule has 0 spiro atoms. The summed E-state index contributed by atoms with van der Waals surface area (Å²) < 4.78 is 40.1. The van der Waals surface area contributed by atoms with E-state index < -0.39 is 11.6 Å². The predicted molar refractivity (Wildman–Crippen MR) is 73.0 cm³/mol. The Hall–Kier alpha value is -1.81. The Morgan fingerprint density at radius 2 is 1.50 bits per heavy atom. The van der Waals surface area contributed by atoms with Crippen LogP contribution in [0.4, 0.5) is 13.2 Å². The monoisotopic (exact) mass is 279 g/mol. The van der Waals surface area contributed by atoms with Gasteiger partial charge in [-0.1, -0.05) is 25.1 Å². The van der Waals surface area contributed by atoms with Crippen LogP contribution in [-0.2, 0) is 0 Å². The maximum absolute atomic E-state index is 13.7. The van der Waals surface area contributed by atoms with Gasteiger partial charge >= 0.3 is 0 Å². The molecule has 1 nitrogen and oxygen atoms in total. The fraction of sp³-hybridized carbons (Fsp3) is 0.250. The lowest BCUT2D eigenvalue weighted by Gasteiger charge is -2.19. The first-order chi connectivity index (χ1) is 9.52. The molecule has 0 heterocycles. The number of aryl methyl sites for hydroxylation is 1. The molecule has 1 unspecified atom stereocenters. The second kappa shape index (κ2) is 6.09. The third-order valence-electron chi connectivity index (χ3n) is 3.21. The predicted octanol–water partition coefficient (Wildman–Crippen LogP) is 4.11. The van der Waals surface area contributed by atoms with Gasteiger partial charge in [-0.25, -0.2) is 13.2 Å². The third kappa shape index (κ3) is 3.02. The lowest BCUT2D eigenvalue weighted by Crippen LogP contribution is -2.22. The van der Waals surface area contributed by atoms with E-state index in [-0.39, 0.29) is 11.9 Å². The molecule has 2 aromatic carbocycles. The van der Waals surface area contributed by atoms with Crippen molar-refractivity contribution in [3.8, 4) is 0 Å². The van der Waals surface area contributed by atoms with Crippen LogP contribution in [0.2, 0.25) is 0 Å². The van der Waals surface area contributed by atoms with E-state index in [1.54, 1.807) is 19.1 Å². The van der Waals surface area contributed by atoms with Crippen LogP contribution in [0.1, 0.15) is 29.7 Å².